The molecule has 0 radical (unpaired) electrons. The van der Waals surface area contributed by atoms with Gasteiger partial charge in [-0.1, -0.05) is 6.07 Å². The SMILES string of the molecule is COc1ccc([C@H](N)[C@H](C)N)cc1F. The summed E-state index contributed by atoms with van der Waals surface area (Å²) < 4.78 is 18.0. The van der Waals surface area contributed by atoms with E-state index in [2.05, 4.69) is 0 Å². The van der Waals surface area contributed by atoms with Gasteiger partial charge in [-0.25, -0.2) is 4.39 Å². The first-order valence-electron chi connectivity index (χ1n) is 4.41. The van der Waals surface area contributed by atoms with Gasteiger partial charge in [0.25, 0.3) is 0 Å². The second kappa shape index (κ2) is 4.39. The lowest BCUT2D eigenvalue weighted by atomic mass is 10.0. The smallest absolute Gasteiger partial charge is 0.165 e. The standard InChI is InChI=1S/C10H15FN2O/c1-6(12)10(13)7-3-4-9(14-2)8(11)5-7/h3-6,10H,12-13H2,1-2H3/t6-,10+/m0/s1. The maximum absolute atomic E-state index is 13.3. The van der Waals surface area contributed by atoms with Crippen LogP contribution in [-0.2, 0) is 0 Å². The third-order valence-corrected chi connectivity index (χ3v) is 2.13. The Morgan fingerprint density at radius 1 is 1.36 bits per heavy atom. The van der Waals surface area contributed by atoms with Crippen LogP contribution >= 0.6 is 0 Å². The van der Waals surface area contributed by atoms with E-state index in [0.29, 0.717) is 5.56 Å². The van der Waals surface area contributed by atoms with Gasteiger partial charge >= 0.3 is 0 Å². The molecule has 0 aliphatic rings. The van der Waals surface area contributed by atoms with Gasteiger partial charge in [0.05, 0.1) is 7.11 Å². The van der Waals surface area contributed by atoms with Crippen LogP contribution in [0.4, 0.5) is 4.39 Å². The molecule has 1 rings (SSSR count). The van der Waals surface area contributed by atoms with E-state index in [0.717, 1.165) is 0 Å². The molecule has 0 spiro atoms. The van der Waals surface area contributed by atoms with Crippen molar-refractivity contribution >= 4 is 0 Å². The Morgan fingerprint density at radius 3 is 2.43 bits per heavy atom. The van der Waals surface area contributed by atoms with Gasteiger partial charge in [-0.05, 0) is 24.6 Å². The van der Waals surface area contributed by atoms with E-state index in [9.17, 15) is 4.39 Å². The largest absolute Gasteiger partial charge is 0.494 e. The summed E-state index contributed by atoms with van der Waals surface area (Å²) in [4.78, 5) is 0. The van der Waals surface area contributed by atoms with E-state index >= 15 is 0 Å². The molecule has 3 nitrogen and oxygen atoms in total. The number of hydrogen-bond donors (Lipinski definition) is 2. The minimum Gasteiger partial charge on any atom is -0.494 e. The Kier molecular flexibility index (Phi) is 3.43. The summed E-state index contributed by atoms with van der Waals surface area (Å²) in [7, 11) is 1.42. The highest BCUT2D eigenvalue weighted by molar-refractivity contribution is 5.31. The van der Waals surface area contributed by atoms with Crippen molar-refractivity contribution in [2.45, 2.75) is 19.0 Å². The van der Waals surface area contributed by atoms with Crippen molar-refractivity contribution in [2.24, 2.45) is 11.5 Å². The van der Waals surface area contributed by atoms with Gasteiger partial charge in [0.1, 0.15) is 0 Å². The fourth-order valence-electron chi connectivity index (χ4n) is 1.19. The van der Waals surface area contributed by atoms with E-state index < -0.39 is 5.82 Å². The molecule has 0 fully saturated rings. The molecule has 2 atom stereocenters. The maximum Gasteiger partial charge on any atom is 0.165 e. The molecule has 1 aromatic carbocycles. The first kappa shape index (κ1) is 10.9. The monoisotopic (exact) mass is 198 g/mol. The van der Waals surface area contributed by atoms with E-state index in [1.807, 2.05) is 0 Å². The van der Waals surface area contributed by atoms with E-state index in [1.54, 1.807) is 19.1 Å². The summed E-state index contributed by atoms with van der Waals surface area (Å²) in [6.07, 6.45) is 0. The molecule has 14 heavy (non-hydrogen) atoms. The first-order valence-corrected chi connectivity index (χ1v) is 4.41. The van der Waals surface area contributed by atoms with Crippen molar-refractivity contribution in [3.05, 3.63) is 29.6 Å². The molecular formula is C10H15FN2O. The molecule has 0 unspecified atom stereocenters. The van der Waals surface area contributed by atoms with Gasteiger partial charge in [0, 0.05) is 12.1 Å². The number of rotatable bonds is 3. The average Bonchev–Trinajstić information content (AvgIpc) is 2.16. The van der Waals surface area contributed by atoms with Crippen LogP contribution in [0.5, 0.6) is 5.75 Å². The van der Waals surface area contributed by atoms with Gasteiger partial charge in [0.2, 0.25) is 0 Å². The normalized spacial score (nSPS) is 14.9. The molecule has 4 N–H and O–H groups in total. The summed E-state index contributed by atoms with van der Waals surface area (Å²) >= 11 is 0. The molecule has 78 valence electrons. The van der Waals surface area contributed by atoms with Gasteiger partial charge < -0.3 is 16.2 Å². The predicted molar refractivity (Wildman–Crippen MR) is 53.5 cm³/mol. The zero-order chi connectivity index (χ0) is 10.7. The maximum atomic E-state index is 13.3. The van der Waals surface area contributed by atoms with Crippen molar-refractivity contribution in [1.82, 2.24) is 0 Å². The topological polar surface area (TPSA) is 61.3 Å². The van der Waals surface area contributed by atoms with Gasteiger partial charge in [0.15, 0.2) is 11.6 Å². The van der Waals surface area contributed by atoms with Crippen molar-refractivity contribution in [3.8, 4) is 5.75 Å². The molecule has 0 amide bonds. The molecule has 0 heterocycles. The number of halogens is 1. The molecule has 0 bridgehead atoms. The quantitative estimate of drug-likeness (QED) is 0.766. The van der Waals surface area contributed by atoms with Crippen molar-refractivity contribution in [3.63, 3.8) is 0 Å². The molecule has 0 aliphatic carbocycles. The highest BCUT2D eigenvalue weighted by Crippen LogP contribution is 2.21. The van der Waals surface area contributed by atoms with Crippen LogP contribution in [0.3, 0.4) is 0 Å². The average molecular weight is 198 g/mol. The lowest BCUT2D eigenvalue weighted by Gasteiger charge is -2.16. The summed E-state index contributed by atoms with van der Waals surface area (Å²) in [5.74, 6) is -0.202. The lowest BCUT2D eigenvalue weighted by molar-refractivity contribution is 0.385. The Bertz CT molecular complexity index is 315. The predicted octanol–water partition coefficient (Wildman–Crippen LogP) is 1.18. The van der Waals surface area contributed by atoms with Gasteiger partial charge in [-0.2, -0.15) is 0 Å². The Labute approximate surface area is 82.9 Å². The van der Waals surface area contributed by atoms with Crippen LogP contribution in [-0.4, -0.2) is 13.2 Å². The number of benzene rings is 1. The summed E-state index contributed by atoms with van der Waals surface area (Å²) in [5, 5.41) is 0. The van der Waals surface area contributed by atoms with Gasteiger partial charge in [-0.3, -0.25) is 0 Å². The number of nitrogens with two attached hydrogens (primary N) is 2. The van der Waals surface area contributed by atoms with Crippen LogP contribution < -0.4 is 16.2 Å². The minimum absolute atomic E-state index is 0.206. The molecule has 1 aromatic rings. The Morgan fingerprint density at radius 2 is 2.00 bits per heavy atom. The van der Waals surface area contributed by atoms with Crippen LogP contribution in [0.25, 0.3) is 0 Å². The van der Waals surface area contributed by atoms with Crippen molar-refractivity contribution in [2.75, 3.05) is 7.11 Å². The van der Waals surface area contributed by atoms with E-state index in [4.69, 9.17) is 16.2 Å². The zero-order valence-corrected chi connectivity index (χ0v) is 8.33. The Balaban J connectivity index is 2.96. The second-order valence-electron chi connectivity index (χ2n) is 3.28. The molecule has 4 heteroatoms. The molecule has 0 aromatic heterocycles. The molecular weight excluding hydrogens is 183 g/mol. The third kappa shape index (κ3) is 2.21. The highest BCUT2D eigenvalue weighted by Gasteiger charge is 2.13. The van der Waals surface area contributed by atoms with Crippen LogP contribution in [0.1, 0.15) is 18.5 Å². The van der Waals surface area contributed by atoms with E-state index in [-0.39, 0.29) is 17.8 Å². The molecule has 0 aliphatic heterocycles. The van der Waals surface area contributed by atoms with Crippen LogP contribution in [0.15, 0.2) is 18.2 Å². The third-order valence-electron chi connectivity index (χ3n) is 2.13. The minimum atomic E-state index is -0.416. The first-order chi connectivity index (χ1) is 6.56. The number of methoxy groups -OCH3 is 1. The van der Waals surface area contributed by atoms with Crippen LogP contribution in [0.2, 0.25) is 0 Å². The van der Waals surface area contributed by atoms with Gasteiger partial charge in [-0.15, -0.1) is 0 Å². The van der Waals surface area contributed by atoms with E-state index in [1.165, 1.54) is 13.2 Å². The fourth-order valence-corrected chi connectivity index (χ4v) is 1.19. The number of ether oxygens (including phenoxy) is 1. The Hall–Kier alpha value is -1.13. The molecule has 0 saturated heterocycles. The second-order valence-corrected chi connectivity index (χ2v) is 3.28. The summed E-state index contributed by atoms with van der Waals surface area (Å²) in [6.45, 7) is 1.78. The summed E-state index contributed by atoms with van der Waals surface area (Å²) in [5.41, 5.74) is 12.1. The van der Waals surface area contributed by atoms with Crippen molar-refractivity contribution in [1.29, 1.82) is 0 Å². The number of hydrogen-bond acceptors (Lipinski definition) is 3. The summed E-state index contributed by atoms with van der Waals surface area (Å²) in [6, 6.07) is 4.06. The lowest BCUT2D eigenvalue weighted by Crippen LogP contribution is -2.31. The fraction of sp³-hybridized carbons (Fsp3) is 0.400. The van der Waals surface area contributed by atoms with Crippen molar-refractivity contribution < 1.29 is 9.13 Å². The zero-order valence-electron chi connectivity index (χ0n) is 8.33. The highest BCUT2D eigenvalue weighted by atomic mass is 19.1. The molecule has 0 saturated carbocycles. The van der Waals surface area contributed by atoms with Crippen LogP contribution in [0, 0.1) is 5.82 Å².